The Morgan fingerprint density at radius 1 is 1.50 bits per heavy atom. The summed E-state index contributed by atoms with van der Waals surface area (Å²) in [4.78, 5) is 15.2. The van der Waals surface area contributed by atoms with Crippen molar-refractivity contribution < 1.29 is 9.90 Å². The number of carbonyl (C=O) groups is 1. The Balaban J connectivity index is 2.57. The molecule has 0 atom stereocenters. The standard InChI is InChI=1S/C11H15N5O2/c1-7(2)5-16-10(8-4-12-6-15(8)3)9(11(17)18)13-14-16/h4,6-7H,5H2,1-3H3,(H,17,18). The maximum absolute atomic E-state index is 11.2. The molecule has 0 fully saturated rings. The SMILES string of the molecule is CC(C)Cn1nnc(C(=O)O)c1-c1cncn1C. The highest BCUT2D eigenvalue weighted by Crippen LogP contribution is 2.22. The van der Waals surface area contributed by atoms with Crippen LogP contribution >= 0.6 is 0 Å². The molecule has 0 aromatic carbocycles. The molecule has 0 spiro atoms. The third-order valence-corrected chi connectivity index (χ3v) is 2.54. The van der Waals surface area contributed by atoms with Crippen LogP contribution in [0.3, 0.4) is 0 Å². The molecule has 1 N–H and O–H groups in total. The van der Waals surface area contributed by atoms with Crippen LogP contribution in [0.2, 0.25) is 0 Å². The highest BCUT2D eigenvalue weighted by molar-refractivity contribution is 5.92. The summed E-state index contributed by atoms with van der Waals surface area (Å²) in [6, 6.07) is 0. The number of hydrogen-bond acceptors (Lipinski definition) is 4. The second-order valence-electron chi connectivity index (χ2n) is 4.56. The third-order valence-electron chi connectivity index (χ3n) is 2.54. The van der Waals surface area contributed by atoms with E-state index in [0.717, 1.165) is 0 Å². The van der Waals surface area contributed by atoms with E-state index in [-0.39, 0.29) is 5.69 Å². The number of imidazole rings is 1. The molecule has 2 aromatic heterocycles. The minimum Gasteiger partial charge on any atom is -0.476 e. The quantitative estimate of drug-likeness (QED) is 0.874. The number of carboxylic acid groups (broad SMARTS) is 1. The van der Waals surface area contributed by atoms with Crippen molar-refractivity contribution in [3.8, 4) is 11.4 Å². The number of aromatic carboxylic acids is 1. The maximum Gasteiger partial charge on any atom is 0.358 e. The Hall–Kier alpha value is -2.18. The molecule has 96 valence electrons. The minimum absolute atomic E-state index is 0.0424. The molecule has 2 aromatic rings. The van der Waals surface area contributed by atoms with E-state index in [0.29, 0.717) is 23.9 Å². The van der Waals surface area contributed by atoms with Crippen molar-refractivity contribution in [2.24, 2.45) is 13.0 Å². The lowest BCUT2D eigenvalue weighted by atomic mass is 10.2. The van der Waals surface area contributed by atoms with Crippen LogP contribution in [-0.2, 0) is 13.6 Å². The zero-order valence-electron chi connectivity index (χ0n) is 10.5. The summed E-state index contributed by atoms with van der Waals surface area (Å²) in [6.45, 7) is 4.69. The van der Waals surface area contributed by atoms with Gasteiger partial charge in [0.05, 0.1) is 18.2 Å². The summed E-state index contributed by atoms with van der Waals surface area (Å²) in [6.07, 6.45) is 3.23. The summed E-state index contributed by atoms with van der Waals surface area (Å²) in [5.74, 6) is -0.735. The fraction of sp³-hybridized carbons (Fsp3) is 0.455. The Morgan fingerprint density at radius 3 is 2.72 bits per heavy atom. The van der Waals surface area contributed by atoms with Gasteiger partial charge in [-0.05, 0) is 5.92 Å². The molecular formula is C11H15N5O2. The van der Waals surface area contributed by atoms with E-state index >= 15 is 0 Å². The predicted molar refractivity (Wildman–Crippen MR) is 64.0 cm³/mol. The van der Waals surface area contributed by atoms with Gasteiger partial charge in [-0.1, -0.05) is 19.1 Å². The predicted octanol–water partition coefficient (Wildman–Crippen LogP) is 1.03. The summed E-state index contributed by atoms with van der Waals surface area (Å²) in [5, 5.41) is 16.8. The molecule has 0 radical (unpaired) electrons. The van der Waals surface area contributed by atoms with Gasteiger partial charge in [-0.15, -0.1) is 5.10 Å². The maximum atomic E-state index is 11.2. The van der Waals surface area contributed by atoms with Gasteiger partial charge >= 0.3 is 5.97 Å². The lowest BCUT2D eigenvalue weighted by Gasteiger charge is -2.09. The number of rotatable bonds is 4. The zero-order chi connectivity index (χ0) is 13.3. The highest BCUT2D eigenvalue weighted by atomic mass is 16.4. The molecule has 0 saturated heterocycles. The van der Waals surface area contributed by atoms with E-state index in [1.54, 1.807) is 28.8 Å². The highest BCUT2D eigenvalue weighted by Gasteiger charge is 2.22. The molecule has 2 heterocycles. The molecule has 0 aliphatic heterocycles. The molecule has 7 nitrogen and oxygen atoms in total. The molecule has 7 heteroatoms. The fourth-order valence-electron chi connectivity index (χ4n) is 1.77. The number of aromatic nitrogens is 5. The van der Waals surface area contributed by atoms with Crippen LogP contribution in [0.4, 0.5) is 0 Å². The number of hydrogen-bond donors (Lipinski definition) is 1. The van der Waals surface area contributed by atoms with Crippen LogP contribution in [0.25, 0.3) is 11.4 Å². The van der Waals surface area contributed by atoms with Crippen molar-refractivity contribution in [2.75, 3.05) is 0 Å². The lowest BCUT2D eigenvalue weighted by molar-refractivity contribution is 0.0691. The second-order valence-corrected chi connectivity index (χ2v) is 4.56. The van der Waals surface area contributed by atoms with E-state index in [1.807, 2.05) is 13.8 Å². The first-order valence-electron chi connectivity index (χ1n) is 5.64. The first-order valence-corrected chi connectivity index (χ1v) is 5.64. The summed E-state index contributed by atoms with van der Waals surface area (Å²) in [7, 11) is 1.81. The summed E-state index contributed by atoms with van der Waals surface area (Å²) >= 11 is 0. The van der Waals surface area contributed by atoms with E-state index in [4.69, 9.17) is 5.11 Å². The molecule has 0 bridgehead atoms. The van der Waals surface area contributed by atoms with Gasteiger partial charge in [-0.2, -0.15) is 0 Å². The monoisotopic (exact) mass is 249 g/mol. The van der Waals surface area contributed by atoms with Gasteiger partial charge < -0.3 is 9.67 Å². The van der Waals surface area contributed by atoms with Gasteiger partial charge in [0.25, 0.3) is 0 Å². The molecule has 2 rings (SSSR count). The van der Waals surface area contributed by atoms with Gasteiger partial charge in [-0.3, -0.25) is 0 Å². The first kappa shape index (κ1) is 12.3. The third kappa shape index (κ3) is 2.11. The van der Waals surface area contributed by atoms with Crippen LogP contribution in [-0.4, -0.2) is 35.6 Å². The van der Waals surface area contributed by atoms with Gasteiger partial charge in [-0.25, -0.2) is 14.5 Å². The van der Waals surface area contributed by atoms with Gasteiger partial charge in [0.2, 0.25) is 0 Å². The van der Waals surface area contributed by atoms with Crippen molar-refractivity contribution in [3.63, 3.8) is 0 Å². The van der Waals surface area contributed by atoms with E-state index in [1.165, 1.54) is 0 Å². The molecule has 0 unspecified atom stereocenters. The first-order chi connectivity index (χ1) is 8.50. The van der Waals surface area contributed by atoms with Crippen molar-refractivity contribution in [1.82, 2.24) is 24.5 Å². The largest absolute Gasteiger partial charge is 0.476 e. The topological polar surface area (TPSA) is 85.8 Å². The second kappa shape index (κ2) is 4.59. The van der Waals surface area contributed by atoms with E-state index < -0.39 is 5.97 Å². The van der Waals surface area contributed by atoms with Crippen LogP contribution in [0.1, 0.15) is 24.3 Å². The average molecular weight is 249 g/mol. The van der Waals surface area contributed by atoms with Crippen molar-refractivity contribution >= 4 is 5.97 Å². The number of aryl methyl sites for hydroxylation is 1. The van der Waals surface area contributed by atoms with Crippen LogP contribution in [0, 0.1) is 5.92 Å². The van der Waals surface area contributed by atoms with Crippen molar-refractivity contribution in [1.29, 1.82) is 0 Å². The molecule has 0 aliphatic carbocycles. The Labute approximate surface area is 104 Å². The van der Waals surface area contributed by atoms with E-state index in [9.17, 15) is 4.79 Å². The normalized spacial score (nSPS) is 11.1. The van der Waals surface area contributed by atoms with Gasteiger partial charge in [0.1, 0.15) is 5.69 Å². The lowest BCUT2D eigenvalue weighted by Crippen LogP contribution is -2.10. The molecule has 0 saturated carbocycles. The zero-order valence-corrected chi connectivity index (χ0v) is 10.5. The van der Waals surface area contributed by atoms with Crippen LogP contribution in [0.5, 0.6) is 0 Å². The number of nitrogens with zero attached hydrogens (tertiary/aromatic N) is 5. The van der Waals surface area contributed by atoms with Crippen LogP contribution < -0.4 is 0 Å². The number of carboxylic acids is 1. The van der Waals surface area contributed by atoms with Crippen molar-refractivity contribution in [2.45, 2.75) is 20.4 Å². The minimum atomic E-state index is -1.08. The Morgan fingerprint density at radius 2 is 2.22 bits per heavy atom. The molecule has 18 heavy (non-hydrogen) atoms. The summed E-state index contributed by atoms with van der Waals surface area (Å²) in [5.41, 5.74) is 1.15. The van der Waals surface area contributed by atoms with Crippen molar-refractivity contribution in [3.05, 3.63) is 18.2 Å². The van der Waals surface area contributed by atoms with E-state index in [2.05, 4.69) is 15.3 Å². The summed E-state index contributed by atoms with van der Waals surface area (Å²) < 4.78 is 3.37. The van der Waals surface area contributed by atoms with Crippen LogP contribution in [0.15, 0.2) is 12.5 Å². The van der Waals surface area contributed by atoms with Gasteiger partial charge in [0.15, 0.2) is 5.69 Å². The Bertz CT molecular complexity index is 570. The fourth-order valence-corrected chi connectivity index (χ4v) is 1.77. The smallest absolute Gasteiger partial charge is 0.358 e. The van der Waals surface area contributed by atoms with Gasteiger partial charge in [0, 0.05) is 13.6 Å². The molecular weight excluding hydrogens is 234 g/mol. The Kier molecular flexibility index (Phi) is 3.14. The molecule has 0 amide bonds. The average Bonchev–Trinajstić information content (AvgIpc) is 2.83. The molecule has 0 aliphatic rings.